The fourth-order valence-corrected chi connectivity index (χ4v) is 8.79. The zero-order valence-corrected chi connectivity index (χ0v) is 33.8. The Labute approximate surface area is 347 Å². The van der Waals surface area contributed by atoms with Crippen LogP contribution >= 0.6 is 0 Å². The van der Waals surface area contributed by atoms with Gasteiger partial charge in [0.1, 0.15) is 11.2 Å². The molecule has 3 atom stereocenters. The van der Waals surface area contributed by atoms with Crippen LogP contribution in [0.2, 0.25) is 0 Å². The van der Waals surface area contributed by atoms with Crippen LogP contribution in [0, 0.1) is 17.8 Å². The summed E-state index contributed by atoms with van der Waals surface area (Å²) in [5, 5.41) is 2.00. The molecule has 0 spiro atoms. The fourth-order valence-electron chi connectivity index (χ4n) is 8.79. The number of benzene rings is 4. The van der Waals surface area contributed by atoms with Crippen LogP contribution in [-0.4, -0.2) is 15.0 Å². The zero-order chi connectivity index (χ0) is 40.3. The van der Waals surface area contributed by atoms with Crippen LogP contribution in [0.1, 0.15) is 45.0 Å². The minimum Gasteiger partial charge on any atom is -0.456 e. The third-order valence-corrected chi connectivity index (χ3v) is 11.7. The maximum Gasteiger partial charge on any atom is 0.164 e. The number of hydrogen-bond donors (Lipinski definition) is 0. The van der Waals surface area contributed by atoms with Crippen molar-refractivity contribution < 1.29 is 4.42 Å². The average Bonchev–Trinajstić information content (AvgIpc) is 3.67. The molecule has 3 unspecified atom stereocenters. The molecule has 2 aromatic heterocycles. The van der Waals surface area contributed by atoms with E-state index in [1.165, 1.54) is 22.3 Å². The summed E-state index contributed by atoms with van der Waals surface area (Å²) in [5.41, 5.74) is 13.1. The molecule has 0 aliphatic heterocycles. The fraction of sp³-hybridized carbons (Fsp3) is 0.145. The normalized spacial score (nSPS) is 19.2. The Bertz CT molecular complexity index is 2890. The van der Waals surface area contributed by atoms with E-state index in [1.54, 1.807) is 6.08 Å². The van der Waals surface area contributed by atoms with E-state index < -0.39 is 0 Å². The van der Waals surface area contributed by atoms with E-state index in [1.807, 2.05) is 49.4 Å². The Morgan fingerprint density at radius 1 is 0.814 bits per heavy atom. The van der Waals surface area contributed by atoms with Crippen molar-refractivity contribution in [2.75, 3.05) is 0 Å². The number of nitrogens with zero attached hydrogens (tertiary/aromatic N) is 3. The third kappa shape index (κ3) is 7.28. The van der Waals surface area contributed by atoms with Gasteiger partial charge in [0.2, 0.25) is 0 Å². The van der Waals surface area contributed by atoms with Crippen molar-refractivity contribution >= 4 is 33.1 Å². The minimum absolute atomic E-state index is 0.330. The third-order valence-electron chi connectivity index (χ3n) is 11.7. The van der Waals surface area contributed by atoms with Gasteiger partial charge in [-0.1, -0.05) is 171 Å². The molecule has 0 radical (unpaired) electrons. The van der Waals surface area contributed by atoms with Gasteiger partial charge >= 0.3 is 0 Å². The smallest absolute Gasteiger partial charge is 0.164 e. The molecular weight excluding hydrogens is 719 g/mol. The first-order valence-corrected chi connectivity index (χ1v) is 20.7. The predicted octanol–water partition coefficient (Wildman–Crippen LogP) is 14.5. The van der Waals surface area contributed by atoms with Crippen LogP contribution < -0.4 is 0 Å². The molecule has 59 heavy (non-hydrogen) atoms. The number of furan rings is 1. The van der Waals surface area contributed by atoms with Crippen LogP contribution in [-0.2, 0) is 0 Å². The van der Waals surface area contributed by atoms with Gasteiger partial charge in [-0.15, -0.1) is 0 Å². The first kappa shape index (κ1) is 37.7. The lowest BCUT2D eigenvalue weighted by Crippen LogP contribution is -2.21. The molecule has 4 nitrogen and oxygen atoms in total. The number of hydrogen-bond acceptors (Lipinski definition) is 4. The summed E-state index contributed by atoms with van der Waals surface area (Å²) >= 11 is 0. The summed E-state index contributed by atoms with van der Waals surface area (Å²) in [5.74, 6) is 2.87. The van der Waals surface area contributed by atoms with Gasteiger partial charge in [-0.2, -0.15) is 0 Å². The van der Waals surface area contributed by atoms with E-state index in [0.29, 0.717) is 35.2 Å². The van der Waals surface area contributed by atoms with Gasteiger partial charge in [0.05, 0.1) is 0 Å². The molecule has 3 aliphatic carbocycles. The average molecular weight is 766 g/mol. The molecular formula is C55H47N3O. The van der Waals surface area contributed by atoms with Gasteiger partial charge in [-0.25, -0.2) is 15.0 Å². The highest BCUT2D eigenvalue weighted by atomic mass is 16.3. The number of aromatic nitrogens is 3. The van der Waals surface area contributed by atoms with Crippen LogP contribution in [0.4, 0.5) is 0 Å². The number of fused-ring (bicyclic) bond motifs is 4. The summed E-state index contributed by atoms with van der Waals surface area (Å²) in [6, 6.07) is 31.3. The summed E-state index contributed by atoms with van der Waals surface area (Å²) in [6.07, 6.45) is 33.1. The summed E-state index contributed by atoms with van der Waals surface area (Å²) in [7, 11) is 0. The van der Waals surface area contributed by atoms with Gasteiger partial charge < -0.3 is 4.42 Å². The SMILES string of the molecule is C=C/C=C(\C=C/C)c1nc(-c2ccccc2-c2ccccc2)nc(-c2cccc3oc4ccc(C5=CCC(C6=CC7C=CC=CC7C(/C=C\CC)=C6C)C=C5)cc4c23)n1. The largest absolute Gasteiger partial charge is 0.456 e. The lowest BCUT2D eigenvalue weighted by molar-refractivity contribution is 0.604. The van der Waals surface area contributed by atoms with Gasteiger partial charge in [-0.3, -0.25) is 0 Å². The van der Waals surface area contributed by atoms with Gasteiger partial charge in [0.25, 0.3) is 0 Å². The second kappa shape index (κ2) is 16.5. The van der Waals surface area contributed by atoms with Crippen molar-refractivity contribution in [3.8, 4) is 33.9 Å². The van der Waals surface area contributed by atoms with E-state index in [0.717, 1.165) is 68.2 Å². The minimum atomic E-state index is 0.330. The van der Waals surface area contributed by atoms with E-state index in [4.69, 9.17) is 19.4 Å². The lowest BCUT2D eigenvalue weighted by Gasteiger charge is -2.33. The van der Waals surface area contributed by atoms with Crippen LogP contribution in [0.15, 0.2) is 204 Å². The summed E-state index contributed by atoms with van der Waals surface area (Å²) in [6.45, 7) is 10.5. The number of rotatable bonds is 10. The molecule has 0 saturated heterocycles. The molecule has 0 saturated carbocycles. The molecule has 0 fully saturated rings. The molecule has 0 amide bonds. The van der Waals surface area contributed by atoms with Crippen molar-refractivity contribution in [1.82, 2.24) is 15.0 Å². The molecule has 4 aromatic carbocycles. The second-order valence-electron chi connectivity index (χ2n) is 15.3. The molecule has 0 bridgehead atoms. The molecule has 288 valence electrons. The monoisotopic (exact) mass is 765 g/mol. The Balaban J connectivity index is 1.12. The lowest BCUT2D eigenvalue weighted by atomic mass is 9.71. The molecule has 4 heteroatoms. The molecule has 3 aliphatic rings. The highest BCUT2D eigenvalue weighted by Gasteiger charge is 2.30. The van der Waals surface area contributed by atoms with Crippen LogP contribution in [0.3, 0.4) is 0 Å². The maximum atomic E-state index is 6.52. The van der Waals surface area contributed by atoms with E-state index in [2.05, 4.69) is 148 Å². The molecule has 0 N–H and O–H groups in total. The number of allylic oxidation sites excluding steroid dienone is 19. The first-order chi connectivity index (χ1) is 29.0. The molecule has 6 aromatic rings. The van der Waals surface area contributed by atoms with Crippen molar-refractivity contribution in [2.45, 2.75) is 33.6 Å². The Kier molecular flexibility index (Phi) is 10.5. The second-order valence-corrected chi connectivity index (χ2v) is 15.3. The standard InChI is InChI=1S/C55H47N3O/c1-5-8-22-43-36(4)48(35-42-21-12-13-24-45(42)43)39-30-28-37(29-31-39)41-32-33-50-49(34-41)52-47(26-16-27-51(52)59-50)55-57-53(40(17-6-2)18-7-3)56-54(58-55)46-25-15-14-23-44(46)38-19-10-9-11-20-38/h6-30,32-35,39,42,45H,2,5,31H2,1,3-4H3/b18-7-,22-8-,40-17+. The van der Waals surface area contributed by atoms with Crippen molar-refractivity contribution in [2.24, 2.45) is 17.8 Å². The van der Waals surface area contributed by atoms with Gasteiger partial charge in [0, 0.05) is 45.2 Å². The van der Waals surface area contributed by atoms with Crippen LogP contribution in [0.5, 0.6) is 0 Å². The topological polar surface area (TPSA) is 51.8 Å². The van der Waals surface area contributed by atoms with Crippen LogP contribution in [0.25, 0.3) is 67.0 Å². The highest BCUT2D eigenvalue weighted by Crippen LogP contribution is 2.44. The summed E-state index contributed by atoms with van der Waals surface area (Å²) < 4.78 is 6.52. The van der Waals surface area contributed by atoms with Crippen molar-refractivity contribution in [3.63, 3.8) is 0 Å². The summed E-state index contributed by atoms with van der Waals surface area (Å²) in [4.78, 5) is 15.5. The Morgan fingerprint density at radius 2 is 1.59 bits per heavy atom. The van der Waals surface area contributed by atoms with E-state index in [-0.39, 0.29) is 0 Å². The van der Waals surface area contributed by atoms with Gasteiger partial charge in [-0.05, 0) is 83.9 Å². The van der Waals surface area contributed by atoms with Gasteiger partial charge in [0.15, 0.2) is 17.5 Å². The zero-order valence-electron chi connectivity index (χ0n) is 33.8. The predicted molar refractivity (Wildman–Crippen MR) is 247 cm³/mol. The molecule has 9 rings (SSSR count). The Morgan fingerprint density at radius 3 is 2.37 bits per heavy atom. The maximum absolute atomic E-state index is 6.52. The van der Waals surface area contributed by atoms with E-state index >= 15 is 0 Å². The highest BCUT2D eigenvalue weighted by molar-refractivity contribution is 6.12. The quantitative estimate of drug-likeness (QED) is 0.130. The van der Waals surface area contributed by atoms with Crippen molar-refractivity contribution in [1.29, 1.82) is 0 Å². The Hall–Kier alpha value is -6.91. The van der Waals surface area contributed by atoms with Crippen molar-refractivity contribution in [3.05, 3.63) is 211 Å². The molecule has 2 heterocycles. The van der Waals surface area contributed by atoms with E-state index in [9.17, 15) is 0 Å². The first-order valence-electron chi connectivity index (χ1n) is 20.7.